The molecule has 1 heterocycles. The number of allylic oxidation sites excluding steroid dienone is 1. The molecule has 0 radical (unpaired) electrons. The van der Waals surface area contributed by atoms with Gasteiger partial charge in [-0.3, -0.25) is 23.5 Å². The summed E-state index contributed by atoms with van der Waals surface area (Å²) in [6.45, 7) is 2.34. The highest BCUT2D eigenvalue weighted by atomic mass is 19.1. The first-order chi connectivity index (χ1) is 13.3. The summed E-state index contributed by atoms with van der Waals surface area (Å²) in [5.41, 5.74) is -1.06. The van der Waals surface area contributed by atoms with Crippen molar-refractivity contribution in [3.05, 3.63) is 49.7 Å². The molecular weight excluding hydrogens is 367 g/mol. The molecule has 0 spiro atoms. The minimum absolute atomic E-state index is 0.0751. The molecule has 8 heteroatoms. The van der Waals surface area contributed by atoms with Crippen molar-refractivity contribution >= 4 is 28.2 Å². The van der Waals surface area contributed by atoms with Crippen LogP contribution in [0.1, 0.15) is 43.7 Å². The number of aliphatic hydroxyl groups excluding tert-OH is 1. The average Bonchev–Trinajstić information content (AvgIpc) is 2.65. The van der Waals surface area contributed by atoms with Gasteiger partial charge >= 0.3 is 5.69 Å². The van der Waals surface area contributed by atoms with Crippen LogP contribution in [0.2, 0.25) is 0 Å². The highest BCUT2D eigenvalue weighted by Crippen LogP contribution is 2.29. The quantitative estimate of drug-likeness (QED) is 0.493. The second-order valence-electron chi connectivity index (χ2n) is 6.84. The Bertz CT molecular complexity index is 1120. The third-order valence-electron chi connectivity index (χ3n) is 5.08. The molecule has 0 bridgehead atoms. The number of benzene rings is 1. The number of Topliss-reactive ketones (excluding diaryl/α,β-unsaturated/α-hetero) is 2. The maximum Gasteiger partial charge on any atom is 0.333 e. The summed E-state index contributed by atoms with van der Waals surface area (Å²) < 4.78 is 15.4. The highest BCUT2D eigenvalue weighted by Gasteiger charge is 2.29. The Kier molecular flexibility index (Phi) is 5.31. The number of hydrogen-bond acceptors (Lipinski definition) is 5. The average molecular weight is 388 g/mol. The predicted octanol–water partition coefficient (Wildman–Crippen LogP) is 2.40. The van der Waals surface area contributed by atoms with E-state index in [-0.39, 0.29) is 47.0 Å². The predicted molar refractivity (Wildman–Crippen MR) is 102 cm³/mol. The van der Waals surface area contributed by atoms with E-state index >= 15 is 0 Å². The molecule has 0 atom stereocenters. The van der Waals surface area contributed by atoms with Crippen molar-refractivity contribution in [2.75, 3.05) is 0 Å². The van der Waals surface area contributed by atoms with Crippen molar-refractivity contribution in [3.63, 3.8) is 0 Å². The van der Waals surface area contributed by atoms with E-state index in [1.165, 1.54) is 19.1 Å². The van der Waals surface area contributed by atoms with Gasteiger partial charge in [0, 0.05) is 24.9 Å². The van der Waals surface area contributed by atoms with Gasteiger partial charge in [-0.2, -0.15) is 0 Å². The largest absolute Gasteiger partial charge is 0.506 e. The first kappa shape index (κ1) is 19.7. The number of carbonyl (C=O) groups excluding carboxylic acids is 2. The number of fused-ring (bicyclic) bond motifs is 1. The van der Waals surface area contributed by atoms with E-state index in [4.69, 9.17) is 0 Å². The van der Waals surface area contributed by atoms with E-state index in [1.807, 2.05) is 0 Å². The summed E-state index contributed by atoms with van der Waals surface area (Å²) >= 11 is 0. The number of alkyl halides is 1. The number of halogens is 1. The molecule has 1 aliphatic rings. The Labute approximate surface area is 159 Å². The molecule has 1 aromatic heterocycles. The van der Waals surface area contributed by atoms with Crippen LogP contribution in [0.25, 0.3) is 16.7 Å². The van der Waals surface area contributed by atoms with Gasteiger partial charge in [-0.25, -0.2) is 9.18 Å². The van der Waals surface area contributed by atoms with Crippen molar-refractivity contribution in [1.82, 2.24) is 9.13 Å². The number of ketones is 2. The van der Waals surface area contributed by atoms with Gasteiger partial charge in [-0.05, 0) is 37.5 Å². The molecule has 28 heavy (non-hydrogen) atoms. The lowest BCUT2D eigenvalue weighted by Gasteiger charge is -2.17. The van der Waals surface area contributed by atoms with Gasteiger partial charge in [0.1, 0.15) is 11.3 Å². The van der Waals surface area contributed by atoms with E-state index < -0.39 is 35.4 Å². The van der Waals surface area contributed by atoms with Gasteiger partial charge in [-0.1, -0.05) is 6.92 Å². The Balaban J connectivity index is 2.38. The topological polar surface area (TPSA) is 98.4 Å². The van der Waals surface area contributed by atoms with Gasteiger partial charge in [-0.15, -0.1) is 0 Å². The zero-order valence-corrected chi connectivity index (χ0v) is 15.7. The number of aliphatic hydroxyl groups is 1. The smallest absolute Gasteiger partial charge is 0.333 e. The van der Waals surface area contributed by atoms with Crippen LogP contribution in [0, 0.1) is 6.92 Å². The van der Waals surface area contributed by atoms with Gasteiger partial charge in [0.2, 0.25) is 0 Å². The molecule has 0 unspecified atom stereocenters. The van der Waals surface area contributed by atoms with Crippen molar-refractivity contribution in [3.8, 4) is 0 Å². The number of aromatic nitrogens is 2. The molecule has 1 aliphatic carbocycles. The summed E-state index contributed by atoms with van der Waals surface area (Å²) in [7, 11) is 0. The Morgan fingerprint density at radius 1 is 1.11 bits per heavy atom. The fourth-order valence-electron chi connectivity index (χ4n) is 3.67. The number of carbonyl (C=O) groups is 2. The second kappa shape index (κ2) is 7.53. The van der Waals surface area contributed by atoms with Crippen molar-refractivity contribution < 1.29 is 19.1 Å². The van der Waals surface area contributed by atoms with Gasteiger partial charge in [0.05, 0.1) is 10.9 Å². The minimum atomic E-state index is -1.11. The van der Waals surface area contributed by atoms with Gasteiger partial charge in [0.25, 0.3) is 5.56 Å². The fraction of sp³-hybridized carbons (Fsp3) is 0.400. The molecule has 0 aliphatic heterocycles. The molecule has 1 fully saturated rings. The van der Waals surface area contributed by atoms with Crippen molar-refractivity contribution in [1.29, 1.82) is 0 Å². The number of hydrogen-bond donors (Lipinski definition) is 1. The van der Waals surface area contributed by atoms with E-state index in [9.17, 15) is 28.7 Å². The molecule has 0 amide bonds. The SMILES string of the molecule is CCCn1c(=O)c2c(C)c(C(O)=C3C(=O)CCCC3=O)ccc2n(CF)c1=O. The summed E-state index contributed by atoms with van der Waals surface area (Å²) in [5, 5.41) is 10.7. The molecule has 7 nitrogen and oxygen atoms in total. The molecule has 148 valence electrons. The van der Waals surface area contributed by atoms with Gasteiger partial charge < -0.3 is 5.11 Å². The zero-order valence-electron chi connectivity index (χ0n) is 15.7. The molecule has 3 rings (SSSR count). The summed E-state index contributed by atoms with van der Waals surface area (Å²) in [5.74, 6) is -1.36. The maximum absolute atomic E-state index is 13.6. The lowest BCUT2D eigenvalue weighted by Crippen LogP contribution is -2.40. The van der Waals surface area contributed by atoms with Crippen LogP contribution in [0.15, 0.2) is 27.3 Å². The van der Waals surface area contributed by atoms with E-state index in [2.05, 4.69) is 0 Å². The van der Waals surface area contributed by atoms with E-state index in [0.717, 1.165) is 9.13 Å². The molecule has 1 aromatic carbocycles. The molecule has 1 N–H and O–H groups in total. The molecule has 2 aromatic rings. The fourth-order valence-corrected chi connectivity index (χ4v) is 3.67. The standard InChI is InChI=1S/C20H21FN2O5/c1-3-9-22-19(27)16-11(2)12(7-8-13(16)23(10-21)20(22)28)18(26)17-14(24)5-4-6-15(17)25/h7-8,26H,3-6,9-10H2,1-2H3. The summed E-state index contributed by atoms with van der Waals surface area (Å²) in [6.07, 6.45) is 1.28. The number of rotatable bonds is 4. The monoisotopic (exact) mass is 388 g/mol. The first-order valence-electron chi connectivity index (χ1n) is 9.16. The van der Waals surface area contributed by atoms with Crippen LogP contribution in [0.5, 0.6) is 0 Å². The lowest BCUT2D eigenvalue weighted by molar-refractivity contribution is -0.123. The highest BCUT2D eigenvalue weighted by molar-refractivity contribution is 6.25. The van der Waals surface area contributed by atoms with Crippen LogP contribution in [0.4, 0.5) is 4.39 Å². The first-order valence-corrected chi connectivity index (χ1v) is 9.16. The molecule has 0 saturated heterocycles. The minimum Gasteiger partial charge on any atom is -0.506 e. The second-order valence-corrected chi connectivity index (χ2v) is 6.84. The van der Waals surface area contributed by atoms with Crippen LogP contribution < -0.4 is 11.2 Å². The maximum atomic E-state index is 13.6. The van der Waals surface area contributed by atoms with E-state index in [0.29, 0.717) is 12.8 Å². The third-order valence-corrected chi connectivity index (χ3v) is 5.08. The van der Waals surface area contributed by atoms with Crippen molar-refractivity contribution in [2.24, 2.45) is 0 Å². The van der Waals surface area contributed by atoms with Crippen LogP contribution in [-0.2, 0) is 22.9 Å². The van der Waals surface area contributed by atoms with Crippen LogP contribution >= 0.6 is 0 Å². The van der Waals surface area contributed by atoms with Crippen LogP contribution in [-0.4, -0.2) is 25.8 Å². The third kappa shape index (κ3) is 2.98. The Morgan fingerprint density at radius 2 is 1.75 bits per heavy atom. The normalized spacial score (nSPS) is 14.8. The van der Waals surface area contributed by atoms with Crippen molar-refractivity contribution in [2.45, 2.75) is 52.9 Å². The van der Waals surface area contributed by atoms with Crippen LogP contribution in [0.3, 0.4) is 0 Å². The molecular formula is C20H21FN2O5. The number of aryl methyl sites for hydroxylation is 1. The lowest BCUT2D eigenvalue weighted by atomic mass is 9.88. The van der Waals surface area contributed by atoms with E-state index in [1.54, 1.807) is 6.92 Å². The summed E-state index contributed by atoms with van der Waals surface area (Å²) in [6, 6.07) is 2.75. The summed E-state index contributed by atoms with van der Waals surface area (Å²) in [4.78, 5) is 49.6. The Hall–Kier alpha value is -3.03. The Morgan fingerprint density at radius 3 is 2.32 bits per heavy atom. The number of nitrogens with zero attached hydrogens (tertiary/aromatic N) is 2. The zero-order chi connectivity index (χ0) is 20.6. The molecule has 1 saturated carbocycles. The van der Waals surface area contributed by atoms with Gasteiger partial charge in [0.15, 0.2) is 18.4 Å².